The summed E-state index contributed by atoms with van der Waals surface area (Å²) in [4.78, 5) is 3.27. The number of fused-ring (bicyclic) bond motifs is 1. The highest BCUT2D eigenvalue weighted by Gasteiger charge is 2.15. The van der Waals surface area contributed by atoms with Crippen LogP contribution in [0.25, 0.3) is 10.9 Å². The summed E-state index contributed by atoms with van der Waals surface area (Å²) in [5, 5.41) is 4.32. The molecule has 1 heterocycles. The fourth-order valence-electron chi connectivity index (χ4n) is 2.82. The molecule has 0 saturated heterocycles. The molecule has 0 amide bonds. The summed E-state index contributed by atoms with van der Waals surface area (Å²) >= 11 is 0. The molecular formula is C17H27N3O2S. The lowest BCUT2D eigenvalue weighted by molar-refractivity contribution is 0.396. The number of nitrogens with one attached hydrogen (secondary N) is 2. The van der Waals surface area contributed by atoms with Crippen molar-refractivity contribution in [1.29, 1.82) is 0 Å². The van der Waals surface area contributed by atoms with E-state index in [-0.39, 0.29) is 0 Å². The van der Waals surface area contributed by atoms with E-state index in [1.165, 1.54) is 17.2 Å². The summed E-state index contributed by atoms with van der Waals surface area (Å²) in [6.07, 6.45) is 6.93. The fourth-order valence-corrected chi connectivity index (χ4v) is 3.74. The first-order chi connectivity index (χ1) is 11.0. The lowest BCUT2D eigenvalue weighted by atomic mass is 10.1. The Morgan fingerprint density at radius 3 is 2.61 bits per heavy atom. The highest BCUT2D eigenvalue weighted by Crippen LogP contribution is 2.19. The molecule has 2 aromatic rings. The molecule has 6 heteroatoms. The van der Waals surface area contributed by atoms with E-state index in [4.69, 9.17) is 0 Å². The lowest BCUT2D eigenvalue weighted by Gasteiger charge is -2.19. The summed E-state index contributed by atoms with van der Waals surface area (Å²) in [6, 6.07) is 8.21. The van der Waals surface area contributed by atoms with Crippen molar-refractivity contribution in [3.05, 3.63) is 36.0 Å². The zero-order valence-electron chi connectivity index (χ0n) is 14.0. The van der Waals surface area contributed by atoms with Gasteiger partial charge in [0.05, 0.1) is 6.26 Å². The van der Waals surface area contributed by atoms with Gasteiger partial charge in [0.15, 0.2) is 0 Å². The molecule has 0 atom stereocenters. The summed E-state index contributed by atoms with van der Waals surface area (Å²) in [5.41, 5.74) is 2.39. The molecule has 0 radical (unpaired) electrons. The minimum Gasteiger partial charge on any atom is -0.361 e. The number of benzene rings is 1. The van der Waals surface area contributed by atoms with Gasteiger partial charge in [-0.1, -0.05) is 18.2 Å². The number of unbranched alkanes of at least 4 members (excludes halogenated alkanes) is 1. The number of nitrogens with zero attached hydrogens (tertiary/aromatic N) is 1. The van der Waals surface area contributed by atoms with Gasteiger partial charge in [-0.25, -0.2) is 12.7 Å². The number of para-hydroxylation sites is 1. The Hall–Kier alpha value is -1.37. The van der Waals surface area contributed by atoms with Crippen LogP contribution in [-0.4, -0.2) is 50.6 Å². The lowest BCUT2D eigenvalue weighted by Crippen LogP contribution is -2.32. The second kappa shape index (κ2) is 8.47. The van der Waals surface area contributed by atoms with Crippen LogP contribution < -0.4 is 5.32 Å². The summed E-state index contributed by atoms with van der Waals surface area (Å²) in [7, 11) is -1.22. The minimum absolute atomic E-state index is 0.581. The largest absolute Gasteiger partial charge is 0.361 e. The standard InChI is InChI=1S/C17H27N3O2S/c1-18-11-5-6-12-20(23(2,21)22)13-7-8-15-14-19-17-10-4-3-9-16(15)17/h3-4,9-10,14,18-19H,5-8,11-13H2,1-2H3. The Balaban J connectivity index is 1.88. The van der Waals surface area contributed by atoms with E-state index in [9.17, 15) is 8.42 Å². The molecule has 0 fully saturated rings. The zero-order chi connectivity index (χ0) is 16.7. The van der Waals surface area contributed by atoms with Gasteiger partial charge in [0, 0.05) is 30.2 Å². The maximum Gasteiger partial charge on any atom is 0.211 e. The number of H-pyrrole nitrogens is 1. The molecule has 0 aliphatic rings. The van der Waals surface area contributed by atoms with Crippen molar-refractivity contribution in [2.45, 2.75) is 25.7 Å². The van der Waals surface area contributed by atoms with Crippen LogP contribution in [0.15, 0.2) is 30.5 Å². The first-order valence-corrected chi connectivity index (χ1v) is 10.0. The summed E-state index contributed by atoms with van der Waals surface area (Å²) < 4.78 is 25.4. The molecule has 2 N–H and O–H groups in total. The molecule has 0 spiro atoms. The Morgan fingerprint density at radius 2 is 1.87 bits per heavy atom. The maximum absolute atomic E-state index is 11.9. The number of hydrogen-bond acceptors (Lipinski definition) is 3. The first kappa shape index (κ1) is 18.0. The van der Waals surface area contributed by atoms with Gasteiger partial charge in [-0.2, -0.15) is 0 Å². The van der Waals surface area contributed by atoms with Crippen LogP contribution in [0.3, 0.4) is 0 Å². The fraction of sp³-hybridized carbons (Fsp3) is 0.529. The molecule has 128 valence electrons. The Kier molecular flexibility index (Phi) is 6.62. The second-order valence-electron chi connectivity index (χ2n) is 5.94. The minimum atomic E-state index is -3.13. The van der Waals surface area contributed by atoms with Gasteiger partial charge in [-0.05, 0) is 50.9 Å². The molecular weight excluding hydrogens is 310 g/mol. The third kappa shape index (κ3) is 5.34. The molecule has 2 rings (SSSR count). The van der Waals surface area contributed by atoms with Crippen LogP contribution in [0.2, 0.25) is 0 Å². The van der Waals surface area contributed by atoms with Crippen molar-refractivity contribution in [3.8, 4) is 0 Å². The predicted octanol–water partition coefficient (Wildman–Crippen LogP) is 2.36. The average Bonchev–Trinajstić information content (AvgIpc) is 2.92. The van der Waals surface area contributed by atoms with E-state index in [1.807, 2.05) is 25.4 Å². The van der Waals surface area contributed by atoms with Crippen molar-refractivity contribution in [3.63, 3.8) is 0 Å². The quantitative estimate of drug-likeness (QED) is 0.654. The molecule has 5 nitrogen and oxygen atoms in total. The van der Waals surface area contributed by atoms with E-state index in [0.717, 1.165) is 37.7 Å². The molecule has 23 heavy (non-hydrogen) atoms. The van der Waals surface area contributed by atoms with Crippen molar-refractivity contribution in [2.24, 2.45) is 0 Å². The monoisotopic (exact) mass is 337 g/mol. The number of rotatable bonds is 10. The maximum atomic E-state index is 11.9. The molecule has 1 aromatic carbocycles. The first-order valence-electron chi connectivity index (χ1n) is 8.17. The third-order valence-corrected chi connectivity index (χ3v) is 5.39. The molecule has 0 saturated carbocycles. The molecule has 0 aliphatic carbocycles. The average molecular weight is 337 g/mol. The van der Waals surface area contributed by atoms with Gasteiger partial charge in [0.25, 0.3) is 0 Å². The number of sulfonamides is 1. The highest BCUT2D eigenvalue weighted by molar-refractivity contribution is 7.88. The van der Waals surface area contributed by atoms with Gasteiger partial charge < -0.3 is 10.3 Å². The Morgan fingerprint density at radius 1 is 1.13 bits per heavy atom. The molecule has 0 aliphatic heterocycles. The van der Waals surface area contributed by atoms with Crippen molar-refractivity contribution >= 4 is 20.9 Å². The number of hydrogen-bond donors (Lipinski definition) is 2. The van der Waals surface area contributed by atoms with E-state index in [0.29, 0.717) is 13.1 Å². The van der Waals surface area contributed by atoms with Gasteiger partial charge in [-0.3, -0.25) is 0 Å². The Labute approximate surface area is 139 Å². The van der Waals surface area contributed by atoms with Crippen LogP contribution in [0.5, 0.6) is 0 Å². The van der Waals surface area contributed by atoms with E-state index in [1.54, 1.807) is 4.31 Å². The van der Waals surface area contributed by atoms with Crippen LogP contribution >= 0.6 is 0 Å². The normalized spacial score (nSPS) is 12.3. The molecule has 0 unspecified atom stereocenters. The SMILES string of the molecule is CNCCCCN(CCCc1c[nH]c2ccccc12)S(C)(=O)=O. The van der Waals surface area contributed by atoms with Crippen molar-refractivity contribution in [2.75, 3.05) is 32.9 Å². The van der Waals surface area contributed by atoms with Crippen molar-refractivity contribution < 1.29 is 8.42 Å². The van der Waals surface area contributed by atoms with Gasteiger partial charge in [0.2, 0.25) is 10.0 Å². The van der Waals surface area contributed by atoms with Crippen LogP contribution in [-0.2, 0) is 16.4 Å². The van der Waals surface area contributed by atoms with Gasteiger partial charge >= 0.3 is 0 Å². The van der Waals surface area contributed by atoms with E-state index < -0.39 is 10.0 Å². The van der Waals surface area contributed by atoms with Crippen LogP contribution in [0.1, 0.15) is 24.8 Å². The number of aryl methyl sites for hydroxylation is 1. The number of aromatic nitrogens is 1. The smallest absolute Gasteiger partial charge is 0.211 e. The Bertz CT molecular complexity index is 709. The third-order valence-electron chi connectivity index (χ3n) is 4.08. The van der Waals surface area contributed by atoms with Crippen LogP contribution in [0, 0.1) is 0 Å². The molecule has 1 aromatic heterocycles. The highest BCUT2D eigenvalue weighted by atomic mass is 32.2. The van der Waals surface area contributed by atoms with E-state index >= 15 is 0 Å². The summed E-state index contributed by atoms with van der Waals surface area (Å²) in [5.74, 6) is 0. The van der Waals surface area contributed by atoms with E-state index in [2.05, 4.69) is 22.4 Å². The predicted molar refractivity (Wildman–Crippen MR) is 96.2 cm³/mol. The zero-order valence-corrected chi connectivity index (χ0v) is 14.8. The van der Waals surface area contributed by atoms with Gasteiger partial charge in [0.1, 0.15) is 0 Å². The summed E-state index contributed by atoms with van der Waals surface area (Å²) in [6.45, 7) is 2.11. The second-order valence-corrected chi connectivity index (χ2v) is 7.92. The van der Waals surface area contributed by atoms with Crippen molar-refractivity contribution in [1.82, 2.24) is 14.6 Å². The molecule has 0 bridgehead atoms. The van der Waals surface area contributed by atoms with Gasteiger partial charge in [-0.15, -0.1) is 0 Å². The van der Waals surface area contributed by atoms with Crippen LogP contribution in [0.4, 0.5) is 0 Å². The topological polar surface area (TPSA) is 65.2 Å². The number of aromatic amines is 1.